The molecule has 0 unspecified atom stereocenters. The van der Waals surface area contributed by atoms with E-state index in [1.807, 2.05) is 0 Å². The lowest BCUT2D eigenvalue weighted by atomic mass is 10.2. The van der Waals surface area contributed by atoms with Gasteiger partial charge >= 0.3 is 0 Å². The Balaban J connectivity index is 1.97. The number of aryl methyl sites for hydroxylation is 2. The Morgan fingerprint density at radius 1 is 1.12 bits per heavy atom. The Hall–Kier alpha value is -2.48. The van der Waals surface area contributed by atoms with Gasteiger partial charge in [0.05, 0.1) is 12.7 Å². The normalized spacial score (nSPS) is 14.5. The number of nitrogens with one attached hydrogen (secondary N) is 2. The molecule has 1 aromatic heterocycles. The van der Waals surface area contributed by atoms with Gasteiger partial charge in [0.1, 0.15) is 10.6 Å². The first-order valence-electron chi connectivity index (χ1n) is 8.49. The number of aromatic nitrogens is 1. The average molecular weight is 377 g/mol. The highest BCUT2D eigenvalue weighted by atomic mass is 32.2. The molecule has 1 amide bonds. The fraction of sp³-hybridized carbons (Fsp3) is 0.389. The molecule has 3 rings (SSSR count). The molecule has 0 atom stereocenters. The molecule has 0 saturated carbocycles. The maximum Gasteiger partial charge on any atom is 0.264 e. The number of amides is 1. The highest BCUT2D eigenvalue weighted by Crippen LogP contribution is 2.28. The van der Waals surface area contributed by atoms with Gasteiger partial charge in [0.2, 0.25) is 0 Å². The second-order valence-corrected chi connectivity index (χ2v) is 8.03. The summed E-state index contributed by atoms with van der Waals surface area (Å²) in [5.41, 5.74) is 1.65. The van der Waals surface area contributed by atoms with Gasteiger partial charge in [0.25, 0.3) is 15.9 Å². The van der Waals surface area contributed by atoms with E-state index in [4.69, 9.17) is 4.74 Å². The van der Waals surface area contributed by atoms with Crippen LogP contribution in [0.3, 0.4) is 0 Å². The number of anilines is 1. The molecular weight excluding hydrogens is 354 g/mol. The molecular formula is C18H23N3O4S. The fourth-order valence-corrected chi connectivity index (χ4v) is 4.81. The molecule has 0 radical (unpaired) electrons. The van der Waals surface area contributed by atoms with Gasteiger partial charge in [-0.15, -0.1) is 0 Å². The number of benzene rings is 1. The van der Waals surface area contributed by atoms with Gasteiger partial charge in [-0.1, -0.05) is 0 Å². The summed E-state index contributed by atoms with van der Waals surface area (Å²) in [6, 6.07) is 6.58. The van der Waals surface area contributed by atoms with Crippen LogP contribution in [0.5, 0.6) is 5.75 Å². The van der Waals surface area contributed by atoms with Crippen LogP contribution in [0.2, 0.25) is 0 Å². The predicted molar refractivity (Wildman–Crippen MR) is 99.2 cm³/mol. The summed E-state index contributed by atoms with van der Waals surface area (Å²) in [4.78, 5) is 17.6. The minimum Gasteiger partial charge on any atom is -0.497 e. The van der Waals surface area contributed by atoms with E-state index in [2.05, 4.69) is 9.71 Å². The fourth-order valence-electron chi connectivity index (χ4n) is 3.30. The monoisotopic (exact) mass is 377 g/mol. The van der Waals surface area contributed by atoms with E-state index in [1.54, 1.807) is 50.1 Å². The number of likely N-dealkylation sites (tertiary alicyclic amines) is 1. The van der Waals surface area contributed by atoms with Crippen molar-refractivity contribution in [3.8, 4) is 5.75 Å². The van der Waals surface area contributed by atoms with Crippen LogP contribution < -0.4 is 9.46 Å². The van der Waals surface area contributed by atoms with Crippen LogP contribution in [0.15, 0.2) is 29.2 Å². The first-order chi connectivity index (χ1) is 12.3. The third-order valence-corrected chi connectivity index (χ3v) is 6.09. The number of sulfonamides is 1. The second kappa shape index (κ2) is 7.03. The number of methoxy groups -OCH3 is 1. The first kappa shape index (κ1) is 18.3. The third-order valence-electron chi connectivity index (χ3n) is 4.54. The molecule has 1 aliphatic rings. The minimum atomic E-state index is -3.92. The predicted octanol–water partition coefficient (Wildman–Crippen LogP) is 2.68. The Kier molecular flexibility index (Phi) is 4.95. The van der Waals surface area contributed by atoms with Gasteiger partial charge in [-0.3, -0.25) is 9.52 Å². The molecule has 1 saturated heterocycles. The largest absolute Gasteiger partial charge is 0.497 e. The number of hydrogen-bond acceptors (Lipinski definition) is 4. The van der Waals surface area contributed by atoms with Crippen molar-refractivity contribution in [1.82, 2.24) is 9.88 Å². The zero-order valence-corrected chi connectivity index (χ0v) is 15.9. The number of carbonyl (C=O) groups excluding carboxylic acids is 1. The maximum atomic E-state index is 13.0. The van der Waals surface area contributed by atoms with Crippen molar-refractivity contribution in [3.63, 3.8) is 0 Å². The number of aromatic amines is 1. The number of ether oxygens (including phenoxy) is 1. The average Bonchev–Trinajstić information content (AvgIpc) is 3.22. The highest BCUT2D eigenvalue weighted by molar-refractivity contribution is 7.92. The van der Waals surface area contributed by atoms with Gasteiger partial charge in [-0.25, -0.2) is 8.42 Å². The van der Waals surface area contributed by atoms with Crippen LogP contribution in [0.25, 0.3) is 0 Å². The molecule has 26 heavy (non-hydrogen) atoms. The lowest BCUT2D eigenvalue weighted by Crippen LogP contribution is -2.29. The zero-order chi connectivity index (χ0) is 18.9. The van der Waals surface area contributed by atoms with Gasteiger partial charge in [0, 0.05) is 30.2 Å². The summed E-state index contributed by atoms with van der Waals surface area (Å²) >= 11 is 0. The van der Waals surface area contributed by atoms with E-state index in [0.29, 0.717) is 35.9 Å². The summed E-state index contributed by atoms with van der Waals surface area (Å²) in [7, 11) is -2.37. The SMILES string of the molecule is COc1ccc(NS(=O)(=O)c2c(C)[nH]c(C)c2C(=O)N2CCCC2)cc1. The zero-order valence-electron chi connectivity index (χ0n) is 15.1. The van der Waals surface area contributed by atoms with Crippen LogP contribution in [0.1, 0.15) is 34.6 Å². The number of hydrogen-bond donors (Lipinski definition) is 2. The Labute approximate surface area is 153 Å². The molecule has 140 valence electrons. The van der Waals surface area contributed by atoms with Gasteiger partial charge in [-0.2, -0.15) is 0 Å². The van der Waals surface area contributed by atoms with Crippen LogP contribution >= 0.6 is 0 Å². The van der Waals surface area contributed by atoms with Crippen LogP contribution in [0, 0.1) is 13.8 Å². The smallest absolute Gasteiger partial charge is 0.264 e. The van der Waals surface area contributed by atoms with Crippen molar-refractivity contribution in [2.45, 2.75) is 31.6 Å². The Morgan fingerprint density at radius 3 is 2.31 bits per heavy atom. The summed E-state index contributed by atoms with van der Waals surface area (Å²) in [5.74, 6) is 0.394. The number of rotatable bonds is 5. The molecule has 0 bridgehead atoms. The molecule has 1 aliphatic heterocycles. The van der Waals surface area contributed by atoms with E-state index in [-0.39, 0.29) is 16.4 Å². The molecule has 1 aromatic carbocycles. The van der Waals surface area contributed by atoms with E-state index < -0.39 is 10.0 Å². The molecule has 2 heterocycles. The summed E-state index contributed by atoms with van der Waals surface area (Å²) < 4.78 is 33.6. The molecule has 8 heteroatoms. The van der Waals surface area contributed by atoms with Crippen molar-refractivity contribution >= 4 is 21.6 Å². The highest BCUT2D eigenvalue weighted by Gasteiger charge is 2.32. The molecule has 0 aliphatic carbocycles. The molecule has 2 aromatic rings. The summed E-state index contributed by atoms with van der Waals surface area (Å²) in [6.07, 6.45) is 1.89. The number of H-pyrrole nitrogens is 1. The number of nitrogens with zero attached hydrogens (tertiary/aromatic N) is 1. The van der Waals surface area contributed by atoms with Crippen LogP contribution in [0.4, 0.5) is 5.69 Å². The van der Waals surface area contributed by atoms with E-state index in [1.165, 1.54) is 0 Å². The summed E-state index contributed by atoms with van der Waals surface area (Å²) in [5, 5.41) is 0. The van der Waals surface area contributed by atoms with Crippen molar-refractivity contribution in [2.75, 3.05) is 24.9 Å². The van der Waals surface area contributed by atoms with E-state index >= 15 is 0 Å². The van der Waals surface area contributed by atoms with Gasteiger partial charge < -0.3 is 14.6 Å². The van der Waals surface area contributed by atoms with Gasteiger partial charge in [-0.05, 0) is 51.0 Å². The first-order valence-corrected chi connectivity index (χ1v) is 9.97. The van der Waals surface area contributed by atoms with E-state index in [0.717, 1.165) is 12.8 Å². The van der Waals surface area contributed by atoms with Gasteiger partial charge in [0.15, 0.2) is 0 Å². The minimum absolute atomic E-state index is 0.0164. The lowest BCUT2D eigenvalue weighted by Gasteiger charge is -2.17. The number of carbonyl (C=O) groups is 1. The van der Waals surface area contributed by atoms with E-state index in [9.17, 15) is 13.2 Å². The van der Waals surface area contributed by atoms with Crippen molar-refractivity contribution in [3.05, 3.63) is 41.2 Å². The summed E-state index contributed by atoms with van der Waals surface area (Å²) in [6.45, 7) is 4.71. The lowest BCUT2D eigenvalue weighted by molar-refractivity contribution is 0.0788. The maximum absolute atomic E-state index is 13.0. The van der Waals surface area contributed by atoms with Crippen LogP contribution in [-0.2, 0) is 10.0 Å². The molecule has 0 spiro atoms. The second-order valence-electron chi connectivity index (χ2n) is 6.41. The van der Waals surface area contributed by atoms with Crippen molar-refractivity contribution in [1.29, 1.82) is 0 Å². The van der Waals surface area contributed by atoms with Crippen molar-refractivity contribution in [2.24, 2.45) is 0 Å². The Morgan fingerprint density at radius 2 is 1.73 bits per heavy atom. The standard InChI is InChI=1S/C18H23N3O4S/c1-12-16(18(22)21-10-4-5-11-21)17(13(2)19-12)26(23,24)20-14-6-8-15(25-3)9-7-14/h6-9,19-20H,4-5,10-11H2,1-3H3. The van der Waals surface area contributed by atoms with Crippen LogP contribution in [-0.4, -0.2) is 44.4 Å². The molecule has 7 nitrogen and oxygen atoms in total. The topological polar surface area (TPSA) is 91.5 Å². The molecule has 2 N–H and O–H groups in total. The van der Waals surface area contributed by atoms with Crippen molar-refractivity contribution < 1.29 is 17.9 Å². The third kappa shape index (κ3) is 3.41. The Bertz CT molecular complexity index is 911. The quantitative estimate of drug-likeness (QED) is 0.838. The molecule has 1 fully saturated rings.